The lowest BCUT2D eigenvalue weighted by molar-refractivity contribution is -0.0156. The third-order valence-corrected chi connectivity index (χ3v) is 8.48. The van der Waals surface area contributed by atoms with Crippen molar-refractivity contribution in [3.05, 3.63) is 95.3 Å². The second kappa shape index (κ2) is 8.09. The first-order valence-electron chi connectivity index (χ1n) is 12.3. The Morgan fingerprint density at radius 2 is 1.83 bits per heavy atom. The number of hydrogen-bond donors (Lipinski definition) is 1. The van der Waals surface area contributed by atoms with Gasteiger partial charge >= 0.3 is 0 Å². The number of carbonyl (C=O) groups excluding carboxylic acids is 1. The van der Waals surface area contributed by atoms with Gasteiger partial charge in [0.25, 0.3) is 5.91 Å². The van der Waals surface area contributed by atoms with Crippen molar-refractivity contribution in [1.82, 2.24) is 14.8 Å². The van der Waals surface area contributed by atoms with E-state index in [1.54, 1.807) is 30.5 Å². The molecule has 2 aromatic carbocycles. The molecule has 0 atom stereocenters. The van der Waals surface area contributed by atoms with Gasteiger partial charge in [-0.3, -0.25) is 9.69 Å². The molecule has 0 saturated heterocycles. The standard InChI is InChI=1S/C29H30FN3O2/c1-32(2)28(20-7-5-8-21(30)19-20)13-15-29(16-14-28)26-23(22-9-3-4-10-24(22)31-26)12-17-33(29)27(34)25-11-6-18-35-25/h3-11,18-19,31H,12-17H2,1-2H3. The topological polar surface area (TPSA) is 52.5 Å². The average molecular weight is 472 g/mol. The van der Waals surface area contributed by atoms with E-state index in [-0.39, 0.29) is 17.3 Å². The van der Waals surface area contributed by atoms with Crippen molar-refractivity contribution in [1.29, 1.82) is 0 Å². The van der Waals surface area contributed by atoms with Crippen molar-refractivity contribution in [2.75, 3.05) is 20.6 Å². The van der Waals surface area contributed by atoms with Gasteiger partial charge < -0.3 is 14.3 Å². The number of carbonyl (C=O) groups is 1. The fourth-order valence-electron chi connectivity index (χ4n) is 6.63. The molecule has 1 saturated carbocycles. The highest BCUT2D eigenvalue weighted by Gasteiger charge is 2.53. The largest absolute Gasteiger partial charge is 0.459 e. The Morgan fingerprint density at radius 1 is 1.03 bits per heavy atom. The van der Waals surface area contributed by atoms with Crippen LogP contribution in [0.15, 0.2) is 71.3 Å². The second-order valence-corrected chi connectivity index (χ2v) is 10.2. The Bertz CT molecular complexity index is 1380. The van der Waals surface area contributed by atoms with Crippen LogP contribution in [0.3, 0.4) is 0 Å². The molecule has 1 N–H and O–H groups in total. The summed E-state index contributed by atoms with van der Waals surface area (Å²) in [5.74, 6) is 0.0927. The van der Waals surface area contributed by atoms with Crippen molar-refractivity contribution in [2.45, 2.75) is 43.2 Å². The SMILES string of the molecule is CN(C)C1(c2cccc(F)c2)CCC2(CC1)c1[nH]c3ccccc3c1CCN2C(=O)c1ccco1. The Hall–Kier alpha value is -3.38. The molecule has 6 heteroatoms. The molecule has 6 rings (SSSR count). The Morgan fingerprint density at radius 3 is 2.54 bits per heavy atom. The summed E-state index contributed by atoms with van der Waals surface area (Å²) in [6.45, 7) is 0.642. The average Bonchev–Trinajstić information content (AvgIpc) is 3.53. The molecule has 2 aliphatic rings. The molecule has 1 amide bonds. The number of fused-ring (bicyclic) bond motifs is 4. The van der Waals surface area contributed by atoms with Gasteiger partial charge in [0.15, 0.2) is 5.76 Å². The minimum atomic E-state index is -0.469. The lowest BCUT2D eigenvalue weighted by Crippen LogP contribution is -2.58. The van der Waals surface area contributed by atoms with Crippen LogP contribution in [0.25, 0.3) is 10.9 Å². The van der Waals surface area contributed by atoms with Crippen LogP contribution in [-0.4, -0.2) is 41.3 Å². The van der Waals surface area contributed by atoms with Gasteiger partial charge in [-0.2, -0.15) is 0 Å². The van der Waals surface area contributed by atoms with E-state index < -0.39 is 5.54 Å². The van der Waals surface area contributed by atoms with Crippen molar-refractivity contribution >= 4 is 16.8 Å². The number of hydrogen-bond acceptors (Lipinski definition) is 3. The molecule has 0 bridgehead atoms. The number of para-hydroxylation sites is 1. The van der Waals surface area contributed by atoms with Crippen molar-refractivity contribution in [2.24, 2.45) is 0 Å². The van der Waals surface area contributed by atoms with Crippen LogP contribution >= 0.6 is 0 Å². The van der Waals surface area contributed by atoms with Crippen molar-refractivity contribution in [3.63, 3.8) is 0 Å². The van der Waals surface area contributed by atoms with Crippen LogP contribution in [0.2, 0.25) is 0 Å². The maximum atomic E-state index is 14.3. The maximum absolute atomic E-state index is 14.3. The number of amides is 1. The number of aromatic nitrogens is 1. The summed E-state index contributed by atoms with van der Waals surface area (Å²) in [6, 6.07) is 18.9. The zero-order valence-electron chi connectivity index (χ0n) is 20.2. The molecule has 1 fully saturated rings. The molecule has 5 nitrogen and oxygen atoms in total. The van der Waals surface area contributed by atoms with Gasteiger partial charge in [-0.1, -0.05) is 30.3 Å². The number of nitrogens with one attached hydrogen (secondary N) is 1. The number of rotatable bonds is 3. The molecule has 180 valence electrons. The molecule has 0 unspecified atom stereocenters. The summed E-state index contributed by atoms with van der Waals surface area (Å²) in [5, 5.41) is 1.24. The lowest BCUT2D eigenvalue weighted by atomic mass is 9.65. The van der Waals surface area contributed by atoms with E-state index in [1.807, 2.05) is 17.0 Å². The van der Waals surface area contributed by atoms with Crippen LogP contribution < -0.4 is 0 Å². The highest BCUT2D eigenvalue weighted by atomic mass is 19.1. The Balaban J connectivity index is 1.47. The number of H-pyrrole nitrogens is 1. The monoisotopic (exact) mass is 471 g/mol. The van der Waals surface area contributed by atoms with Gasteiger partial charge in [-0.15, -0.1) is 0 Å². The van der Waals surface area contributed by atoms with E-state index >= 15 is 0 Å². The van der Waals surface area contributed by atoms with Crippen LogP contribution in [0.4, 0.5) is 4.39 Å². The normalized spacial score (nSPS) is 24.3. The highest BCUT2D eigenvalue weighted by Crippen LogP contribution is 2.53. The van der Waals surface area contributed by atoms with E-state index in [0.29, 0.717) is 12.3 Å². The van der Waals surface area contributed by atoms with Gasteiger partial charge in [0, 0.05) is 28.7 Å². The highest BCUT2D eigenvalue weighted by molar-refractivity contribution is 5.93. The predicted molar refractivity (Wildman–Crippen MR) is 134 cm³/mol. The maximum Gasteiger partial charge on any atom is 0.290 e. The summed E-state index contributed by atoms with van der Waals surface area (Å²) in [6.07, 6.45) is 5.51. The summed E-state index contributed by atoms with van der Waals surface area (Å²) in [5.41, 5.74) is 3.80. The van der Waals surface area contributed by atoms with Gasteiger partial charge in [0.2, 0.25) is 0 Å². The van der Waals surface area contributed by atoms with Gasteiger partial charge in [-0.05, 0) is 87.7 Å². The Kier molecular flexibility index (Phi) is 5.11. The van der Waals surface area contributed by atoms with Gasteiger partial charge in [0.1, 0.15) is 5.82 Å². The fourth-order valence-corrected chi connectivity index (χ4v) is 6.63. The van der Waals surface area contributed by atoms with Crippen molar-refractivity contribution in [3.8, 4) is 0 Å². The van der Waals surface area contributed by atoms with Crippen LogP contribution in [0, 0.1) is 5.82 Å². The van der Waals surface area contributed by atoms with Crippen LogP contribution in [-0.2, 0) is 17.5 Å². The molecule has 1 spiro atoms. The summed E-state index contributed by atoms with van der Waals surface area (Å²) in [7, 11) is 4.15. The zero-order valence-corrected chi connectivity index (χ0v) is 20.2. The van der Waals surface area contributed by atoms with Crippen LogP contribution in [0.5, 0.6) is 0 Å². The molecule has 2 aromatic heterocycles. The molecular weight excluding hydrogens is 441 g/mol. The number of aromatic amines is 1. The third-order valence-electron chi connectivity index (χ3n) is 8.48. The van der Waals surface area contributed by atoms with E-state index in [9.17, 15) is 9.18 Å². The molecule has 0 radical (unpaired) electrons. The summed E-state index contributed by atoms with van der Waals surface area (Å²) < 4.78 is 19.8. The number of nitrogens with zero attached hydrogens (tertiary/aromatic N) is 2. The van der Waals surface area contributed by atoms with Crippen molar-refractivity contribution < 1.29 is 13.6 Å². The minimum Gasteiger partial charge on any atom is -0.459 e. The van der Waals surface area contributed by atoms with Gasteiger partial charge in [0.05, 0.1) is 11.8 Å². The number of benzene rings is 2. The lowest BCUT2D eigenvalue weighted by Gasteiger charge is -2.55. The van der Waals surface area contributed by atoms with Crippen LogP contribution in [0.1, 0.15) is 53.1 Å². The molecule has 3 heterocycles. The minimum absolute atomic E-state index is 0.0672. The summed E-state index contributed by atoms with van der Waals surface area (Å²) in [4.78, 5) is 21.7. The summed E-state index contributed by atoms with van der Waals surface area (Å²) >= 11 is 0. The quantitative estimate of drug-likeness (QED) is 0.409. The fraction of sp³-hybridized carbons (Fsp3) is 0.345. The molecular formula is C29H30FN3O2. The van der Waals surface area contributed by atoms with E-state index in [4.69, 9.17) is 4.42 Å². The predicted octanol–water partition coefficient (Wildman–Crippen LogP) is 5.82. The zero-order chi connectivity index (χ0) is 24.2. The number of furan rings is 1. The molecule has 4 aromatic rings. The Labute approximate surface area is 204 Å². The van der Waals surface area contributed by atoms with E-state index in [2.05, 4.69) is 42.2 Å². The number of halogens is 1. The molecule has 35 heavy (non-hydrogen) atoms. The second-order valence-electron chi connectivity index (χ2n) is 10.2. The molecule has 1 aliphatic heterocycles. The first kappa shape index (κ1) is 22.1. The molecule has 1 aliphatic carbocycles. The first-order chi connectivity index (χ1) is 16.9. The van der Waals surface area contributed by atoms with Gasteiger partial charge in [-0.25, -0.2) is 4.39 Å². The first-order valence-corrected chi connectivity index (χ1v) is 12.3. The third kappa shape index (κ3) is 3.27. The van der Waals surface area contributed by atoms with E-state index in [1.165, 1.54) is 17.0 Å². The van der Waals surface area contributed by atoms with E-state index in [0.717, 1.165) is 48.9 Å². The smallest absolute Gasteiger partial charge is 0.290 e.